The third-order valence-electron chi connectivity index (χ3n) is 3.98. The number of hydrogen-bond acceptors (Lipinski definition) is 5. The molecule has 0 bridgehead atoms. The molecule has 0 amide bonds. The van der Waals surface area contributed by atoms with E-state index in [-0.39, 0.29) is 18.6 Å². The Morgan fingerprint density at radius 3 is 2.69 bits per heavy atom. The third-order valence-corrected chi connectivity index (χ3v) is 3.98. The van der Waals surface area contributed by atoms with E-state index in [0.29, 0.717) is 16.7 Å². The highest BCUT2D eigenvalue weighted by Crippen LogP contribution is 2.17. The van der Waals surface area contributed by atoms with Gasteiger partial charge in [-0.1, -0.05) is 30.3 Å². The molecule has 1 heterocycles. The number of esters is 1. The van der Waals surface area contributed by atoms with E-state index in [1.165, 1.54) is 0 Å². The molecule has 0 radical (unpaired) electrons. The van der Waals surface area contributed by atoms with Gasteiger partial charge < -0.3 is 14.5 Å². The molecular weight excluding hydrogens is 332 g/mol. The van der Waals surface area contributed by atoms with Crippen molar-refractivity contribution in [2.75, 3.05) is 6.61 Å². The van der Waals surface area contributed by atoms with Gasteiger partial charge in [0.2, 0.25) is 0 Å². The van der Waals surface area contributed by atoms with Gasteiger partial charge in [-0.2, -0.15) is 0 Å². The highest BCUT2D eigenvalue weighted by molar-refractivity contribution is 5.77. The molecule has 3 rings (SSSR count). The number of hydrogen-bond donors (Lipinski definition) is 1. The van der Waals surface area contributed by atoms with Crippen molar-refractivity contribution >= 4 is 16.9 Å². The Hall–Kier alpha value is -3.15. The first-order chi connectivity index (χ1) is 12.5. The molecule has 0 aliphatic rings. The normalized spacial score (nSPS) is 11.9. The van der Waals surface area contributed by atoms with Crippen molar-refractivity contribution in [2.45, 2.75) is 26.4 Å². The molecule has 0 spiro atoms. The van der Waals surface area contributed by atoms with Crippen LogP contribution in [-0.2, 0) is 9.53 Å². The van der Waals surface area contributed by atoms with Gasteiger partial charge in [0.05, 0.1) is 23.9 Å². The van der Waals surface area contributed by atoms with Crippen molar-refractivity contribution in [1.82, 2.24) is 9.97 Å². The summed E-state index contributed by atoms with van der Waals surface area (Å²) in [5.41, 5.74) is 1.32. The van der Waals surface area contributed by atoms with E-state index < -0.39 is 12.1 Å². The van der Waals surface area contributed by atoms with Crippen LogP contribution in [0.4, 0.5) is 0 Å². The van der Waals surface area contributed by atoms with Crippen LogP contribution in [0.5, 0.6) is 5.75 Å². The minimum atomic E-state index is -0.654. The largest absolute Gasteiger partial charge is 0.493 e. The van der Waals surface area contributed by atoms with Gasteiger partial charge in [0, 0.05) is 0 Å². The number of fused-ring (bicyclic) bond motifs is 1. The second-order valence-corrected chi connectivity index (χ2v) is 5.96. The van der Waals surface area contributed by atoms with Crippen molar-refractivity contribution in [3.8, 4) is 5.75 Å². The van der Waals surface area contributed by atoms with E-state index in [2.05, 4.69) is 9.97 Å². The fourth-order valence-corrected chi connectivity index (χ4v) is 2.57. The predicted molar refractivity (Wildman–Crippen MR) is 98.2 cm³/mol. The summed E-state index contributed by atoms with van der Waals surface area (Å²) < 4.78 is 11.0. The average Bonchev–Trinajstić information content (AvgIpc) is 2.63. The van der Waals surface area contributed by atoms with Crippen LogP contribution in [0.1, 0.15) is 30.8 Å². The summed E-state index contributed by atoms with van der Waals surface area (Å²) >= 11 is 0. The molecule has 1 atom stereocenters. The van der Waals surface area contributed by atoms with Gasteiger partial charge in [0.1, 0.15) is 5.75 Å². The summed E-state index contributed by atoms with van der Waals surface area (Å²) in [5, 5.41) is 0.501. The lowest BCUT2D eigenvalue weighted by molar-refractivity contribution is -0.149. The molecule has 3 aromatic rings. The third kappa shape index (κ3) is 4.08. The number of nitrogens with zero attached hydrogens (tertiary/aromatic N) is 1. The predicted octanol–water partition coefficient (Wildman–Crippen LogP) is 3.30. The topological polar surface area (TPSA) is 81.3 Å². The molecule has 1 aromatic heterocycles. The number of H-pyrrole nitrogens is 1. The Kier molecular flexibility index (Phi) is 5.31. The Balaban J connectivity index is 1.59. The number of rotatable bonds is 6. The zero-order chi connectivity index (χ0) is 18.5. The zero-order valence-corrected chi connectivity index (χ0v) is 14.7. The molecular formula is C20H20N2O4. The van der Waals surface area contributed by atoms with Gasteiger partial charge in [-0.3, -0.25) is 9.59 Å². The highest BCUT2D eigenvalue weighted by Gasteiger charge is 2.15. The molecule has 1 N–H and O–H groups in total. The van der Waals surface area contributed by atoms with Crippen LogP contribution < -0.4 is 10.3 Å². The van der Waals surface area contributed by atoms with Crippen molar-refractivity contribution in [2.24, 2.45) is 0 Å². The van der Waals surface area contributed by atoms with Crippen LogP contribution in [0.25, 0.3) is 10.9 Å². The lowest BCUT2D eigenvalue weighted by atomic mass is 10.2. The first kappa shape index (κ1) is 17.7. The van der Waals surface area contributed by atoms with E-state index in [0.717, 1.165) is 11.3 Å². The Labute approximate surface area is 150 Å². The minimum absolute atomic E-state index is 0.108. The molecule has 0 saturated carbocycles. The molecule has 0 unspecified atom stereocenters. The summed E-state index contributed by atoms with van der Waals surface area (Å²) in [7, 11) is 0. The number of carbonyl (C=O) groups excluding carboxylic acids is 1. The molecule has 134 valence electrons. The van der Waals surface area contributed by atoms with Gasteiger partial charge in [0.25, 0.3) is 5.56 Å². The van der Waals surface area contributed by atoms with Crippen LogP contribution in [0, 0.1) is 6.92 Å². The standard InChI is InChI=1S/C20H20N2O4/c1-13-7-3-6-10-17(13)25-12-11-18(23)26-14(2)19-21-16-9-5-4-8-15(16)20(24)22-19/h3-10,14H,11-12H2,1-2H3,(H,21,22,24)/t14-/m1/s1. The first-order valence-corrected chi connectivity index (χ1v) is 8.41. The SMILES string of the molecule is Cc1ccccc1OCCC(=O)O[C@H](C)c1nc2ccccc2c(=O)[nH]1. The fraction of sp³-hybridized carbons (Fsp3) is 0.250. The number of carbonyl (C=O) groups is 1. The summed E-state index contributed by atoms with van der Waals surface area (Å²) in [6.07, 6.45) is -0.547. The number of para-hydroxylation sites is 2. The molecule has 26 heavy (non-hydrogen) atoms. The van der Waals surface area contributed by atoms with Crippen LogP contribution in [-0.4, -0.2) is 22.5 Å². The maximum Gasteiger partial charge on any atom is 0.309 e. The molecule has 0 aliphatic carbocycles. The average molecular weight is 352 g/mol. The van der Waals surface area contributed by atoms with E-state index >= 15 is 0 Å². The van der Waals surface area contributed by atoms with E-state index in [9.17, 15) is 9.59 Å². The summed E-state index contributed by atoms with van der Waals surface area (Å²) in [6, 6.07) is 14.6. The first-order valence-electron chi connectivity index (χ1n) is 8.41. The van der Waals surface area contributed by atoms with Gasteiger partial charge in [-0.05, 0) is 37.6 Å². The van der Waals surface area contributed by atoms with Crippen LogP contribution in [0.3, 0.4) is 0 Å². The molecule has 6 nitrogen and oxygen atoms in total. The van der Waals surface area contributed by atoms with Crippen molar-refractivity contribution in [3.63, 3.8) is 0 Å². The molecule has 2 aromatic carbocycles. The number of ether oxygens (including phenoxy) is 2. The molecule has 0 saturated heterocycles. The lowest BCUT2D eigenvalue weighted by Gasteiger charge is -2.13. The van der Waals surface area contributed by atoms with Crippen molar-refractivity contribution < 1.29 is 14.3 Å². The van der Waals surface area contributed by atoms with Crippen LogP contribution in [0.2, 0.25) is 0 Å². The highest BCUT2D eigenvalue weighted by atomic mass is 16.5. The van der Waals surface area contributed by atoms with Crippen molar-refractivity contribution in [3.05, 3.63) is 70.3 Å². The fourth-order valence-electron chi connectivity index (χ4n) is 2.57. The maximum absolute atomic E-state index is 12.1. The Bertz CT molecular complexity index is 981. The second kappa shape index (κ2) is 7.82. The summed E-state index contributed by atoms with van der Waals surface area (Å²) in [4.78, 5) is 31.2. The van der Waals surface area contributed by atoms with Gasteiger partial charge in [-0.25, -0.2) is 4.98 Å². The van der Waals surface area contributed by atoms with E-state index in [1.807, 2.05) is 31.2 Å². The van der Waals surface area contributed by atoms with Gasteiger partial charge in [-0.15, -0.1) is 0 Å². The number of aromatic amines is 1. The van der Waals surface area contributed by atoms with Crippen LogP contribution >= 0.6 is 0 Å². The van der Waals surface area contributed by atoms with Gasteiger partial charge in [0.15, 0.2) is 11.9 Å². The molecule has 6 heteroatoms. The van der Waals surface area contributed by atoms with Crippen LogP contribution in [0.15, 0.2) is 53.3 Å². The number of nitrogens with one attached hydrogen (secondary N) is 1. The zero-order valence-electron chi connectivity index (χ0n) is 14.7. The summed E-state index contributed by atoms with van der Waals surface area (Å²) in [6.45, 7) is 3.84. The monoisotopic (exact) mass is 352 g/mol. The number of aryl methyl sites for hydroxylation is 1. The van der Waals surface area contributed by atoms with E-state index in [4.69, 9.17) is 9.47 Å². The van der Waals surface area contributed by atoms with Gasteiger partial charge >= 0.3 is 5.97 Å². The molecule has 0 fully saturated rings. The second-order valence-electron chi connectivity index (χ2n) is 5.96. The summed E-state index contributed by atoms with van der Waals surface area (Å²) in [5.74, 6) is 0.651. The lowest BCUT2D eigenvalue weighted by Crippen LogP contribution is -2.18. The quantitative estimate of drug-likeness (QED) is 0.688. The maximum atomic E-state index is 12.1. The smallest absolute Gasteiger partial charge is 0.309 e. The Morgan fingerprint density at radius 1 is 1.15 bits per heavy atom. The number of aromatic nitrogens is 2. The Morgan fingerprint density at radius 2 is 1.88 bits per heavy atom. The van der Waals surface area contributed by atoms with Crippen molar-refractivity contribution in [1.29, 1.82) is 0 Å². The van der Waals surface area contributed by atoms with E-state index in [1.54, 1.807) is 31.2 Å². The molecule has 0 aliphatic heterocycles. The number of benzene rings is 2. The minimum Gasteiger partial charge on any atom is -0.493 e.